The molecule has 0 radical (unpaired) electrons. The van der Waals surface area contributed by atoms with E-state index in [9.17, 15) is 4.79 Å². The zero-order valence-corrected chi connectivity index (χ0v) is 15.2. The molecule has 1 amide bonds. The summed E-state index contributed by atoms with van der Waals surface area (Å²) in [4.78, 5) is 12.7. The molecule has 0 spiro atoms. The Labute approximate surface area is 153 Å². The van der Waals surface area contributed by atoms with E-state index in [-0.39, 0.29) is 11.9 Å². The Hall–Kier alpha value is -2.75. The maximum absolute atomic E-state index is 12.7. The molecule has 1 atom stereocenters. The summed E-state index contributed by atoms with van der Waals surface area (Å²) in [6.07, 6.45) is 4.33. The Morgan fingerprint density at radius 3 is 2.65 bits per heavy atom. The minimum atomic E-state index is 0.0517. The van der Waals surface area contributed by atoms with E-state index >= 15 is 0 Å². The number of carbonyl (C=O) groups excluding carboxylic acids is 1. The average molecular weight is 348 g/mol. The van der Waals surface area contributed by atoms with E-state index in [2.05, 4.69) is 36.5 Å². The highest BCUT2D eigenvalue weighted by atomic mass is 16.5. The summed E-state index contributed by atoms with van der Waals surface area (Å²) in [6, 6.07) is 16.5. The zero-order valence-electron chi connectivity index (χ0n) is 15.2. The van der Waals surface area contributed by atoms with Crippen molar-refractivity contribution < 1.29 is 9.53 Å². The standard InChI is InChI=1S/C22H24N2O2/c1-15-3-5-16(6-4-15)22(17-7-8-17)23-21(25)14-24-12-11-18-13-19(26-2)9-10-20(18)24/h3-6,9-13,17,22H,7-8,14H2,1-2H3,(H,23,25). The molecule has 1 unspecified atom stereocenters. The van der Waals surface area contributed by atoms with Crippen LogP contribution in [-0.4, -0.2) is 17.6 Å². The first-order valence-electron chi connectivity index (χ1n) is 9.13. The van der Waals surface area contributed by atoms with Crippen LogP contribution in [0.25, 0.3) is 10.9 Å². The number of ether oxygens (including phenoxy) is 1. The predicted octanol–water partition coefficient (Wildman–Crippen LogP) is 4.23. The van der Waals surface area contributed by atoms with E-state index in [4.69, 9.17) is 4.74 Å². The number of benzene rings is 2. The van der Waals surface area contributed by atoms with Crippen LogP contribution in [0.15, 0.2) is 54.7 Å². The number of rotatable bonds is 6. The quantitative estimate of drug-likeness (QED) is 0.724. The minimum absolute atomic E-state index is 0.0517. The maximum Gasteiger partial charge on any atom is 0.240 e. The number of nitrogens with zero attached hydrogens (tertiary/aromatic N) is 1. The molecule has 134 valence electrons. The molecule has 0 aliphatic heterocycles. The van der Waals surface area contributed by atoms with E-state index in [0.717, 1.165) is 16.7 Å². The summed E-state index contributed by atoms with van der Waals surface area (Å²) in [7, 11) is 1.66. The van der Waals surface area contributed by atoms with Gasteiger partial charge in [0.15, 0.2) is 0 Å². The lowest BCUT2D eigenvalue weighted by Crippen LogP contribution is -2.32. The third-order valence-electron chi connectivity index (χ3n) is 5.14. The van der Waals surface area contributed by atoms with Crippen LogP contribution in [0.3, 0.4) is 0 Å². The average Bonchev–Trinajstić information content (AvgIpc) is 3.42. The van der Waals surface area contributed by atoms with Gasteiger partial charge in [-0.2, -0.15) is 0 Å². The van der Waals surface area contributed by atoms with Gasteiger partial charge in [-0.3, -0.25) is 4.79 Å². The van der Waals surface area contributed by atoms with Crippen molar-refractivity contribution in [2.75, 3.05) is 7.11 Å². The molecular weight excluding hydrogens is 324 g/mol. The molecule has 1 aromatic heterocycles. The van der Waals surface area contributed by atoms with E-state index in [1.165, 1.54) is 24.0 Å². The second-order valence-corrected chi connectivity index (χ2v) is 7.16. The monoisotopic (exact) mass is 348 g/mol. The van der Waals surface area contributed by atoms with Crippen LogP contribution >= 0.6 is 0 Å². The molecule has 4 rings (SSSR count). The van der Waals surface area contributed by atoms with Crippen molar-refractivity contribution in [1.29, 1.82) is 0 Å². The normalized spacial score (nSPS) is 15.0. The Balaban J connectivity index is 1.50. The highest BCUT2D eigenvalue weighted by Gasteiger charge is 2.33. The molecule has 1 N–H and O–H groups in total. The molecule has 4 nitrogen and oxygen atoms in total. The van der Waals surface area contributed by atoms with E-state index in [0.29, 0.717) is 12.5 Å². The largest absolute Gasteiger partial charge is 0.497 e. The van der Waals surface area contributed by atoms with Gasteiger partial charge >= 0.3 is 0 Å². The van der Waals surface area contributed by atoms with Crippen molar-refractivity contribution in [2.45, 2.75) is 32.4 Å². The van der Waals surface area contributed by atoms with Gasteiger partial charge in [-0.1, -0.05) is 29.8 Å². The van der Waals surface area contributed by atoms with Gasteiger partial charge in [-0.05, 0) is 55.5 Å². The van der Waals surface area contributed by atoms with Gasteiger partial charge in [0.2, 0.25) is 5.91 Å². The van der Waals surface area contributed by atoms with Crippen molar-refractivity contribution in [3.8, 4) is 5.75 Å². The first-order valence-corrected chi connectivity index (χ1v) is 9.13. The van der Waals surface area contributed by atoms with Crippen molar-refractivity contribution >= 4 is 16.8 Å². The lowest BCUT2D eigenvalue weighted by Gasteiger charge is -2.19. The number of fused-ring (bicyclic) bond motifs is 1. The fourth-order valence-electron chi connectivity index (χ4n) is 3.49. The smallest absolute Gasteiger partial charge is 0.240 e. The number of hydrogen-bond acceptors (Lipinski definition) is 2. The summed E-state index contributed by atoms with van der Waals surface area (Å²) in [5.74, 6) is 1.44. The molecule has 3 aromatic rings. The number of aromatic nitrogens is 1. The molecule has 4 heteroatoms. The SMILES string of the molecule is COc1ccc2c(ccn2CC(=O)NC(c2ccc(C)cc2)C2CC2)c1. The maximum atomic E-state index is 12.7. The molecule has 26 heavy (non-hydrogen) atoms. The Bertz CT molecular complexity index is 923. The second kappa shape index (κ2) is 6.87. The van der Waals surface area contributed by atoms with Crippen molar-refractivity contribution in [3.63, 3.8) is 0 Å². The van der Waals surface area contributed by atoms with Crippen LogP contribution in [0.5, 0.6) is 5.75 Å². The summed E-state index contributed by atoms with van der Waals surface area (Å²) in [6.45, 7) is 2.41. The molecular formula is C22H24N2O2. The van der Waals surface area contributed by atoms with Crippen LogP contribution in [-0.2, 0) is 11.3 Å². The predicted molar refractivity (Wildman–Crippen MR) is 103 cm³/mol. The number of nitrogens with one attached hydrogen (secondary N) is 1. The van der Waals surface area contributed by atoms with Crippen LogP contribution in [0.1, 0.15) is 30.0 Å². The summed E-state index contributed by atoms with van der Waals surface area (Å²) < 4.78 is 7.26. The molecule has 1 aliphatic carbocycles. The van der Waals surface area contributed by atoms with Gasteiger partial charge in [0.25, 0.3) is 0 Å². The molecule has 0 saturated heterocycles. The molecule has 1 heterocycles. The van der Waals surface area contributed by atoms with Gasteiger partial charge in [0.05, 0.1) is 13.2 Å². The number of carbonyl (C=O) groups is 1. The Kier molecular flexibility index (Phi) is 4.41. The first kappa shape index (κ1) is 16.7. The van der Waals surface area contributed by atoms with Gasteiger partial charge in [0, 0.05) is 17.1 Å². The number of aryl methyl sites for hydroxylation is 1. The highest BCUT2D eigenvalue weighted by Crippen LogP contribution is 2.41. The van der Waals surface area contributed by atoms with Crippen LogP contribution in [0, 0.1) is 12.8 Å². The minimum Gasteiger partial charge on any atom is -0.497 e. The van der Waals surface area contributed by atoms with E-state index in [1.54, 1.807) is 7.11 Å². The van der Waals surface area contributed by atoms with Gasteiger partial charge < -0.3 is 14.6 Å². The van der Waals surface area contributed by atoms with Crippen LogP contribution in [0.4, 0.5) is 0 Å². The Morgan fingerprint density at radius 1 is 1.19 bits per heavy atom. The van der Waals surface area contributed by atoms with Crippen molar-refractivity contribution in [3.05, 3.63) is 65.9 Å². The lowest BCUT2D eigenvalue weighted by atomic mass is 10.0. The van der Waals surface area contributed by atoms with E-state index < -0.39 is 0 Å². The number of methoxy groups -OCH3 is 1. The molecule has 0 bridgehead atoms. The lowest BCUT2D eigenvalue weighted by molar-refractivity contribution is -0.122. The first-order chi connectivity index (χ1) is 12.6. The fourth-order valence-corrected chi connectivity index (χ4v) is 3.49. The van der Waals surface area contributed by atoms with E-state index in [1.807, 2.05) is 35.0 Å². The number of amides is 1. The summed E-state index contributed by atoms with van der Waals surface area (Å²) >= 11 is 0. The highest BCUT2D eigenvalue weighted by molar-refractivity contribution is 5.84. The zero-order chi connectivity index (χ0) is 18.1. The van der Waals surface area contributed by atoms with Crippen molar-refractivity contribution in [2.24, 2.45) is 5.92 Å². The van der Waals surface area contributed by atoms with Crippen molar-refractivity contribution in [1.82, 2.24) is 9.88 Å². The molecule has 1 saturated carbocycles. The summed E-state index contributed by atoms with van der Waals surface area (Å²) in [5, 5.41) is 4.33. The van der Waals surface area contributed by atoms with Crippen LogP contribution in [0.2, 0.25) is 0 Å². The molecule has 2 aromatic carbocycles. The topological polar surface area (TPSA) is 43.3 Å². The summed E-state index contributed by atoms with van der Waals surface area (Å²) in [5.41, 5.74) is 3.48. The fraction of sp³-hybridized carbons (Fsp3) is 0.318. The van der Waals surface area contributed by atoms with Gasteiger partial charge in [0.1, 0.15) is 12.3 Å². The third-order valence-corrected chi connectivity index (χ3v) is 5.14. The second-order valence-electron chi connectivity index (χ2n) is 7.16. The number of hydrogen-bond donors (Lipinski definition) is 1. The Morgan fingerprint density at radius 2 is 1.96 bits per heavy atom. The molecule has 1 fully saturated rings. The van der Waals surface area contributed by atoms with Gasteiger partial charge in [-0.25, -0.2) is 0 Å². The molecule has 1 aliphatic rings. The third kappa shape index (κ3) is 3.45. The van der Waals surface area contributed by atoms with Gasteiger partial charge in [-0.15, -0.1) is 0 Å². The van der Waals surface area contributed by atoms with Crippen LogP contribution < -0.4 is 10.1 Å².